The second kappa shape index (κ2) is 9.37. The Bertz CT molecular complexity index is 816. The van der Waals surface area contributed by atoms with Gasteiger partial charge in [0, 0.05) is 17.8 Å². The van der Waals surface area contributed by atoms with E-state index in [2.05, 4.69) is 4.99 Å². The molecule has 2 aromatic carbocycles. The summed E-state index contributed by atoms with van der Waals surface area (Å²) in [4.78, 5) is 17.1. The molecule has 0 aromatic heterocycles. The Morgan fingerprint density at radius 2 is 1.63 bits per heavy atom. The minimum atomic E-state index is -0.751. The molecule has 5 heteroatoms. The molecule has 2 aromatic rings. The quantitative estimate of drug-likeness (QED) is 0.753. The number of aliphatic hydroxyl groups excluding tert-OH is 1. The number of hydrogen-bond donors (Lipinski definition) is 2. The standard InChI is InChI=1S/C22H24N2O3/c23-18(11-16-7-3-1-4-8-16)12-19-20(14-25)24-13-21(22(19)26)27-15-17-9-5-2-6-10-17/h1-10,13,18,21,25H,11-12,14-15,23H2. The summed E-state index contributed by atoms with van der Waals surface area (Å²) in [7, 11) is 0. The summed E-state index contributed by atoms with van der Waals surface area (Å²) in [5.41, 5.74) is 9.20. The number of nitrogens with two attached hydrogens (primary N) is 1. The van der Waals surface area contributed by atoms with Gasteiger partial charge in [-0.05, 0) is 24.0 Å². The van der Waals surface area contributed by atoms with Gasteiger partial charge < -0.3 is 15.6 Å². The zero-order valence-corrected chi connectivity index (χ0v) is 15.1. The molecule has 2 atom stereocenters. The Hall–Kier alpha value is -2.60. The summed E-state index contributed by atoms with van der Waals surface area (Å²) >= 11 is 0. The Kier molecular flexibility index (Phi) is 6.65. The maximum atomic E-state index is 12.9. The van der Waals surface area contributed by atoms with E-state index in [1.54, 1.807) is 0 Å². The minimum absolute atomic E-state index is 0.173. The van der Waals surface area contributed by atoms with Crippen molar-refractivity contribution in [3.8, 4) is 0 Å². The van der Waals surface area contributed by atoms with Crippen molar-refractivity contribution in [2.45, 2.75) is 31.6 Å². The van der Waals surface area contributed by atoms with E-state index in [9.17, 15) is 9.90 Å². The predicted octanol–water partition coefficient (Wildman–Crippen LogP) is 2.43. The third kappa shape index (κ3) is 5.20. The molecular formula is C22H24N2O3. The number of benzene rings is 2. The first-order valence-electron chi connectivity index (χ1n) is 9.03. The van der Waals surface area contributed by atoms with Gasteiger partial charge in [-0.2, -0.15) is 0 Å². The highest BCUT2D eigenvalue weighted by atomic mass is 16.5. The van der Waals surface area contributed by atoms with Gasteiger partial charge in [0.05, 0.1) is 18.9 Å². The molecule has 1 aliphatic heterocycles. The zero-order valence-electron chi connectivity index (χ0n) is 15.1. The van der Waals surface area contributed by atoms with Gasteiger partial charge in [0.1, 0.15) is 0 Å². The Balaban J connectivity index is 1.65. The van der Waals surface area contributed by atoms with Crippen LogP contribution in [0.4, 0.5) is 0 Å². The van der Waals surface area contributed by atoms with Crippen LogP contribution in [-0.2, 0) is 22.6 Å². The molecule has 0 saturated carbocycles. The molecule has 0 saturated heterocycles. The Morgan fingerprint density at radius 3 is 2.26 bits per heavy atom. The molecule has 3 rings (SSSR count). The number of ketones is 1. The molecule has 0 fully saturated rings. The summed E-state index contributed by atoms with van der Waals surface area (Å²) in [5, 5.41) is 9.57. The van der Waals surface area contributed by atoms with Crippen LogP contribution in [0.5, 0.6) is 0 Å². The lowest BCUT2D eigenvalue weighted by molar-refractivity contribution is -0.123. The second-order valence-corrected chi connectivity index (χ2v) is 6.60. The summed E-state index contributed by atoms with van der Waals surface area (Å²) in [5.74, 6) is -0.173. The number of Topliss-reactive ketones (excluding diaryl/α,β-unsaturated/α-hetero) is 1. The number of nitrogens with zero attached hydrogens (tertiary/aromatic N) is 1. The van der Waals surface area contributed by atoms with E-state index in [1.807, 2.05) is 60.7 Å². The molecule has 1 heterocycles. The van der Waals surface area contributed by atoms with Crippen LogP contribution in [0.1, 0.15) is 17.5 Å². The van der Waals surface area contributed by atoms with E-state index < -0.39 is 6.10 Å². The van der Waals surface area contributed by atoms with Gasteiger partial charge in [0.25, 0.3) is 0 Å². The molecule has 0 bridgehead atoms. The monoisotopic (exact) mass is 364 g/mol. The molecule has 0 amide bonds. The zero-order chi connectivity index (χ0) is 19.1. The smallest absolute Gasteiger partial charge is 0.195 e. The molecular weight excluding hydrogens is 340 g/mol. The van der Waals surface area contributed by atoms with Gasteiger partial charge >= 0.3 is 0 Å². The second-order valence-electron chi connectivity index (χ2n) is 6.60. The number of aliphatic imine (C=N–C) groups is 1. The number of carbonyl (C=O) groups excluding carboxylic acids is 1. The highest BCUT2D eigenvalue weighted by Gasteiger charge is 2.28. The predicted molar refractivity (Wildman–Crippen MR) is 105 cm³/mol. The van der Waals surface area contributed by atoms with Crippen molar-refractivity contribution in [3.05, 3.63) is 83.1 Å². The molecule has 0 radical (unpaired) electrons. The molecule has 1 aliphatic rings. The molecule has 3 N–H and O–H groups in total. The summed E-state index contributed by atoms with van der Waals surface area (Å²) in [6, 6.07) is 19.3. The van der Waals surface area contributed by atoms with E-state index in [0.29, 0.717) is 30.7 Å². The van der Waals surface area contributed by atoms with Crippen LogP contribution in [0.25, 0.3) is 0 Å². The highest BCUT2D eigenvalue weighted by molar-refractivity contribution is 6.10. The van der Waals surface area contributed by atoms with Crippen molar-refractivity contribution in [1.82, 2.24) is 0 Å². The van der Waals surface area contributed by atoms with Crippen LogP contribution in [0, 0.1) is 0 Å². The van der Waals surface area contributed by atoms with Crippen molar-refractivity contribution in [2.24, 2.45) is 10.7 Å². The SMILES string of the molecule is NC(CC1=C(CO)N=CC(OCc2ccccc2)C1=O)Cc1ccccc1. The van der Waals surface area contributed by atoms with Gasteiger partial charge in [0.15, 0.2) is 11.9 Å². The van der Waals surface area contributed by atoms with Crippen LogP contribution < -0.4 is 5.73 Å². The minimum Gasteiger partial charge on any atom is -0.390 e. The van der Waals surface area contributed by atoms with Gasteiger partial charge in [0.2, 0.25) is 0 Å². The lowest BCUT2D eigenvalue weighted by Gasteiger charge is -2.22. The third-order valence-corrected chi connectivity index (χ3v) is 4.50. The first-order chi connectivity index (χ1) is 13.2. The van der Waals surface area contributed by atoms with Crippen LogP contribution in [0.15, 0.2) is 76.9 Å². The van der Waals surface area contributed by atoms with Gasteiger partial charge in [-0.15, -0.1) is 0 Å². The molecule has 140 valence electrons. The fourth-order valence-electron chi connectivity index (χ4n) is 3.10. The molecule has 27 heavy (non-hydrogen) atoms. The third-order valence-electron chi connectivity index (χ3n) is 4.50. The van der Waals surface area contributed by atoms with E-state index in [1.165, 1.54) is 6.21 Å². The Morgan fingerprint density at radius 1 is 1.00 bits per heavy atom. The van der Waals surface area contributed by atoms with Crippen molar-refractivity contribution >= 4 is 12.0 Å². The maximum Gasteiger partial charge on any atom is 0.195 e. The Labute approximate surface area is 159 Å². The average molecular weight is 364 g/mol. The fourth-order valence-corrected chi connectivity index (χ4v) is 3.10. The highest BCUT2D eigenvalue weighted by Crippen LogP contribution is 2.22. The normalized spacial score (nSPS) is 18.0. The van der Waals surface area contributed by atoms with Crippen molar-refractivity contribution < 1.29 is 14.6 Å². The van der Waals surface area contributed by atoms with E-state index >= 15 is 0 Å². The first kappa shape index (κ1) is 19.2. The van der Waals surface area contributed by atoms with Gasteiger partial charge in [-0.25, -0.2) is 0 Å². The van der Waals surface area contributed by atoms with Crippen molar-refractivity contribution in [3.63, 3.8) is 0 Å². The summed E-state index contributed by atoms with van der Waals surface area (Å²) in [6.07, 6.45) is 1.71. The maximum absolute atomic E-state index is 12.9. The number of carbonyl (C=O) groups is 1. The first-order valence-corrected chi connectivity index (χ1v) is 9.03. The molecule has 0 aliphatic carbocycles. The lowest BCUT2D eigenvalue weighted by atomic mass is 9.93. The van der Waals surface area contributed by atoms with Crippen LogP contribution in [0.2, 0.25) is 0 Å². The number of rotatable bonds is 8. The molecule has 2 unspecified atom stereocenters. The van der Waals surface area contributed by atoms with E-state index in [4.69, 9.17) is 10.5 Å². The van der Waals surface area contributed by atoms with Crippen molar-refractivity contribution in [2.75, 3.05) is 6.61 Å². The summed E-state index contributed by atoms with van der Waals surface area (Å²) < 4.78 is 5.75. The van der Waals surface area contributed by atoms with Gasteiger partial charge in [-0.1, -0.05) is 60.7 Å². The average Bonchev–Trinajstić information content (AvgIpc) is 2.70. The fraction of sp³-hybridized carbons (Fsp3) is 0.273. The number of ether oxygens (including phenoxy) is 1. The molecule has 5 nitrogen and oxygen atoms in total. The topological polar surface area (TPSA) is 84.9 Å². The summed E-state index contributed by atoms with van der Waals surface area (Å²) in [6.45, 7) is 0.0299. The number of aliphatic hydroxyl groups is 1. The molecule has 0 spiro atoms. The van der Waals surface area contributed by atoms with E-state index in [0.717, 1.165) is 11.1 Å². The van der Waals surface area contributed by atoms with Crippen LogP contribution in [-0.4, -0.2) is 35.9 Å². The van der Waals surface area contributed by atoms with Crippen LogP contribution >= 0.6 is 0 Å². The largest absolute Gasteiger partial charge is 0.390 e. The number of hydrogen-bond acceptors (Lipinski definition) is 5. The van der Waals surface area contributed by atoms with Crippen LogP contribution in [0.3, 0.4) is 0 Å². The lowest BCUT2D eigenvalue weighted by Crippen LogP contribution is -2.34. The van der Waals surface area contributed by atoms with Crippen molar-refractivity contribution in [1.29, 1.82) is 0 Å². The van der Waals surface area contributed by atoms with Gasteiger partial charge in [-0.3, -0.25) is 9.79 Å². The van der Waals surface area contributed by atoms with E-state index in [-0.39, 0.29) is 18.4 Å².